The topological polar surface area (TPSA) is 38.3 Å². The fraction of sp³-hybridized carbons (Fsp3) is 0.381. The lowest BCUT2D eigenvalue weighted by Crippen LogP contribution is -2.17. The Kier molecular flexibility index (Phi) is 8.05. The van der Waals surface area contributed by atoms with Gasteiger partial charge in [-0.3, -0.25) is 4.79 Å². The van der Waals surface area contributed by atoms with Crippen molar-refractivity contribution in [1.82, 2.24) is 0 Å². The number of benzene rings is 2. The van der Waals surface area contributed by atoms with Gasteiger partial charge in [0.05, 0.1) is 0 Å². The molecule has 0 aromatic heterocycles. The van der Waals surface area contributed by atoms with Crippen LogP contribution < -0.4 is 5.32 Å². The van der Waals surface area contributed by atoms with Crippen LogP contribution in [0.4, 0.5) is 10.1 Å². The Balaban J connectivity index is 1.41. The van der Waals surface area contributed by atoms with Crippen LogP contribution in [-0.4, -0.2) is 30.1 Å². The van der Waals surface area contributed by atoms with E-state index < -0.39 is 0 Å². The average Bonchev–Trinajstić information content (AvgIpc) is 2.69. The first-order chi connectivity index (χ1) is 13.2. The lowest BCUT2D eigenvalue weighted by molar-refractivity contribution is -0.115. The number of anilines is 1. The van der Waals surface area contributed by atoms with Crippen LogP contribution in [-0.2, 0) is 15.3 Å². The second-order valence-electron chi connectivity index (χ2n) is 6.42. The molecule has 2 aromatic carbocycles. The summed E-state index contributed by atoms with van der Waals surface area (Å²) in [5, 5.41) is 3.64. The first-order valence-corrected chi connectivity index (χ1v) is 11.2. The number of ether oxygens (including phenoxy) is 1. The second-order valence-corrected chi connectivity index (χ2v) is 8.88. The smallest absolute Gasteiger partial charge is 0.225 e. The van der Waals surface area contributed by atoms with E-state index in [2.05, 4.69) is 17.4 Å². The van der Waals surface area contributed by atoms with Crippen molar-refractivity contribution in [3.63, 3.8) is 0 Å². The quantitative estimate of drug-likeness (QED) is 0.600. The van der Waals surface area contributed by atoms with Crippen molar-refractivity contribution < 1.29 is 13.9 Å². The van der Waals surface area contributed by atoms with Crippen LogP contribution in [0.1, 0.15) is 24.8 Å². The summed E-state index contributed by atoms with van der Waals surface area (Å²) < 4.78 is 18.3. The Hall–Kier alpha value is -1.50. The fourth-order valence-electron chi connectivity index (χ4n) is 2.81. The van der Waals surface area contributed by atoms with Crippen molar-refractivity contribution >= 4 is 35.1 Å². The summed E-state index contributed by atoms with van der Waals surface area (Å²) in [6.07, 6.45) is 2.66. The second kappa shape index (κ2) is 10.7. The van der Waals surface area contributed by atoms with Gasteiger partial charge in [0.2, 0.25) is 5.91 Å². The summed E-state index contributed by atoms with van der Waals surface area (Å²) in [6, 6.07) is 14.4. The highest BCUT2D eigenvalue weighted by Gasteiger charge is 2.14. The molecule has 1 aliphatic rings. The molecule has 1 heterocycles. The number of hydrogen-bond acceptors (Lipinski definition) is 4. The van der Waals surface area contributed by atoms with Crippen LogP contribution >= 0.6 is 23.5 Å². The molecular weight excluding hydrogens is 381 g/mol. The molecule has 144 valence electrons. The number of nitrogens with one attached hydrogen (secondary N) is 1. The largest absolute Gasteiger partial charge is 0.381 e. The number of hydrogen-bond donors (Lipinski definition) is 1. The minimum Gasteiger partial charge on any atom is -0.381 e. The molecule has 1 amide bonds. The minimum atomic E-state index is -0.244. The first kappa shape index (κ1) is 20.2. The lowest BCUT2D eigenvalue weighted by Gasteiger charge is -2.21. The van der Waals surface area contributed by atoms with Gasteiger partial charge in [-0.1, -0.05) is 12.1 Å². The van der Waals surface area contributed by atoms with Gasteiger partial charge < -0.3 is 10.1 Å². The van der Waals surface area contributed by atoms with Crippen molar-refractivity contribution in [3.05, 3.63) is 59.9 Å². The third kappa shape index (κ3) is 7.20. The number of halogens is 1. The lowest BCUT2D eigenvalue weighted by atomic mass is 10.2. The molecule has 3 rings (SSSR count). The summed E-state index contributed by atoms with van der Waals surface area (Å²) in [7, 11) is 0. The highest BCUT2D eigenvalue weighted by atomic mass is 32.2. The van der Waals surface area contributed by atoms with Crippen molar-refractivity contribution in [3.8, 4) is 0 Å². The van der Waals surface area contributed by atoms with E-state index in [0.29, 0.717) is 17.4 Å². The van der Waals surface area contributed by atoms with E-state index in [9.17, 15) is 9.18 Å². The summed E-state index contributed by atoms with van der Waals surface area (Å²) >= 11 is 3.52. The van der Waals surface area contributed by atoms with Gasteiger partial charge in [0, 0.05) is 47.0 Å². The molecule has 0 unspecified atom stereocenters. The van der Waals surface area contributed by atoms with Crippen LogP contribution in [0.25, 0.3) is 0 Å². The SMILES string of the molecule is O=C(CCSc1ccc(F)cc1)Nc1cccc(CSC2CCOCC2)c1. The summed E-state index contributed by atoms with van der Waals surface area (Å²) in [5.41, 5.74) is 2.07. The van der Waals surface area contributed by atoms with Crippen LogP contribution in [0.3, 0.4) is 0 Å². The molecule has 0 radical (unpaired) electrons. The summed E-state index contributed by atoms with van der Waals surface area (Å²) in [6.45, 7) is 1.73. The monoisotopic (exact) mass is 405 g/mol. The van der Waals surface area contributed by atoms with Gasteiger partial charge in [0.25, 0.3) is 0 Å². The van der Waals surface area contributed by atoms with Crippen LogP contribution in [0, 0.1) is 5.82 Å². The van der Waals surface area contributed by atoms with E-state index in [1.54, 1.807) is 23.9 Å². The van der Waals surface area contributed by atoms with Crippen LogP contribution in [0.15, 0.2) is 53.4 Å². The molecule has 0 spiro atoms. The number of thioether (sulfide) groups is 2. The molecular formula is C21H24FNO2S2. The summed E-state index contributed by atoms with van der Waals surface area (Å²) in [5.74, 6) is 1.37. The number of amides is 1. The Morgan fingerprint density at radius 1 is 1.15 bits per heavy atom. The molecule has 1 N–H and O–H groups in total. The average molecular weight is 406 g/mol. The van der Waals surface area contributed by atoms with Crippen molar-refractivity contribution in [2.45, 2.75) is 35.2 Å². The minimum absolute atomic E-state index is 0.00107. The molecule has 1 aliphatic heterocycles. The zero-order valence-corrected chi connectivity index (χ0v) is 16.8. The molecule has 1 saturated heterocycles. The molecule has 3 nitrogen and oxygen atoms in total. The van der Waals surface area contributed by atoms with Gasteiger partial charge in [-0.25, -0.2) is 4.39 Å². The van der Waals surface area contributed by atoms with Gasteiger partial charge in [0.1, 0.15) is 5.82 Å². The molecule has 1 fully saturated rings. The van der Waals surface area contributed by atoms with E-state index in [1.807, 2.05) is 23.9 Å². The maximum absolute atomic E-state index is 12.9. The predicted molar refractivity (Wildman–Crippen MR) is 112 cm³/mol. The van der Waals surface area contributed by atoms with Crippen LogP contribution in [0.5, 0.6) is 0 Å². The molecule has 6 heteroatoms. The third-order valence-corrected chi connectivity index (χ3v) is 6.73. The Bertz CT molecular complexity index is 733. The maximum atomic E-state index is 12.9. The molecule has 27 heavy (non-hydrogen) atoms. The van der Waals surface area contributed by atoms with E-state index in [0.717, 1.165) is 42.4 Å². The summed E-state index contributed by atoms with van der Waals surface area (Å²) in [4.78, 5) is 13.1. The maximum Gasteiger partial charge on any atom is 0.225 e. The predicted octanol–water partition coefficient (Wildman–Crippen LogP) is 5.36. The molecule has 0 aliphatic carbocycles. The Morgan fingerprint density at radius 2 is 1.93 bits per heavy atom. The van der Waals surface area contributed by atoms with Gasteiger partial charge in [-0.2, -0.15) is 11.8 Å². The molecule has 0 atom stereocenters. The van der Waals surface area contributed by atoms with Crippen molar-refractivity contribution in [2.24, 2.45) is 0 Å². The number of carbonyl (C=O) groups is 1. The van der Waals surface area contributed by atoms with Crippen molar-refractivity contribution in [1.29, 1.82) is 0 Å². The van der Waals surface area contributed by atoms with Gasteiger partial charge in [0.15, 0.2) is 0 Å². The third-order valence-electron chi connectivity index (χ3n) is 4.28. The standard InChI is InChI=1S/C21H24FNO2S2/c22-17-4-6-19(7-5-17)26-13-10-21(24)23-18-3-1-2-16(14-18)15-27-20-8-11-25-12-9-20/h1-7,14,20H,8-13,15H2,(H,23,24). The van der Waals surface area contributed by atoms with E-state index in [-0.39, 0.29) is 11.7 Å². The highest BCUT2D eigenvalue weighted by Crippen LogP contribution is 2.26. The zero-order valence-electron chi connectivity index (χ0n) is 15.2. The van der Waals surface area contributed by atoms with Crippen LogP contribution in [0.2, 0.25) is 0 Å². The zero-order chi connectivity index (χ0) is 18.9. The highest BCUT2D eigenvalue weighted by molar-refractivity contribution is 7.99. The molecule has 0 saturated carbocycles. The number of carbonyl (C=O) groups excluding carboxylic acids is 1. The fourth-order valence-corrected chi connectivity index (χ4v) is 4.80. The number of rotatable bonds is 8. The van der Waals surface area contributed by atoms with E-state index in [4.69, 9.17) is 4.74 Å². The Labute approximate surface area is 168 Å². The molecule has 0 bridgehead atoms. The van der Waals surface area contributed by atoms with Gasteiger partial charge in [-0.15, -0.1) is 11.8 Å². The van der Waals surface area contributed by atoms with Gasteiger partial charge in [-0.05, 0) is 54.8 Å². The van der Waals surface area contributed by atoms with E-state index in [1.165, 1.54) is 17.7 Å². The van der Waals surface area contributed by atoms with Crippen molar-refractivity contribution in [2.75, 3.05) is 24.3 Å². The normalized spacial score (nSPS) is 14.9. The van der Waals surface area contributed by atoms with Gasteiger partial charge >= 0.3 is 0 Å². The molecule has 2 aromatic rings. The van der Waals surface area contributed by atoms with E-state index >= 15 is 0 Å². The first-order valence-electron chi connectivity index (χ1n) is 9.15. The Morgan fingerprint density at radius 3 is 2.70 bits per heavy atom.